The summed E-state index contributed by atoms with van der Waals surface area (Å²) in [6.07, 6.45) is -0.918. The number of ether oxygens (including phenoxy) is 2. The summed E-state index contributed by atoms with van der Waals surface area (Å²) < 4.78 is 58.1. The number of fused-ring (bicyclic) bond motifs is 1. The Hall–Kier alpha value is -2.30. The average molecular weight is 645 g/mol. The van der Waals surface area contributed by atoms with Gasteiger partial charge in [-0.2, -0.15) is 8.62 Å². The molecule has 0 aliphatic carbocycles. The number of phosphoric ester groups is 1. The van der Waals surface area contributed by atoms with Gasteiger partial charge in [-0.1, -0.05) is 11.8 Å². The quantitative estimate of drug-likeness (QED) is 0.0697. The average Bonchev–Trinajstić information content (AvgIpc) is 3.39. The monoisotopic (exact) mass is 645 g/mol. The van der Waals surface area contributed by atoms with E-state index in [0.29, 0.717) is 10.9 Å². The Labute approximate surface area is 230 Å². The molecule has 0 saturated carbocycles. The lowest BCUT2D eigenvalue weighted by molar-refractivity contribution is -0.125. The van der Waals surface area contributed by atoms with Gasteiger partial charge in [-0.25, -0.2) is 23.7 Å². The van der Waals surface area contributed by atoms with Gasteiger partial charge in [0, 0.05) is 12.6 Å². The second-order valence-corrected chi connectivity index (χ2v) is 12.5. The normalized spacial score (nSPS) is 22.0. The van der Waals surface area contributed by atoms with Crippen molar-refractivity contribution in [1.82, 2.24) is 19.9 Å². The number of carbonyl (C=O) groups is 1. The zero-order valence-corrected chi connectivity index (χ0v) is 23.4. The minimum absolute atomic E-state index is 0.00890. The molecule has 41 heavy (non-hydrogen) atoms. The van der Waals surface area contributed by atoms with Crippen molar-refractivity contribution in [2.75, 3.05) is 38.7 Å². The van der Waals surface area contributed by atoms with Crippen molar-refractivity contribution in [3.8, 4) is 11.8 Å². The zero-order chi connectivity index (χ0) is 30.4. The molecule has 0 radical (unpaired) electrons. The van der Waals surface area contributed by atoms with Crippen LogP contribution in [0.1, 0.15) is 18.2 Å². The van der Waals surface area contributed by atoms with Crippen LogP contribution in [0.25, 0.3) is 11.0 Å². The number of phosphoric acid groups is 3. The Morgan fingerprint density at radius 3 is 2.61 bits per heavy atom. The lowest BCUT2D eigenvalue weighted by Crippen LogP contribution is -2.28. The Bertz CT molecular complexity index is 1450. The number of nitrogens with two attached hydrogens (primary N) is 1. The summed E-state index contributed by atoms with van der Waals surface area (Å²) in [5.41, 5.74) is 6.61. The maximum atomic E-state index is 12.0. The number of anilines is 1. The number of amides is 1. The van der Waals surface area contributed by atoms with E-state index in [1.807, 2.05) is 0 Å². The van der Waals surface area contributed by atoms with Crippen LogP contribution in [-0.4, -0.2) is 95.4 Å². The lowest BCUT2D eigenvalue weighted by Gasteiger charge is -2.19. The summed E-state index contributed by atoms with van der Waals surface area (Å²) >= 11 is 0. The second kappa shape index (κ2) is 13.8. The van der Waals surface area contributed by atoms with E-state index in [4.69, 9.17) is 30.1 Å². The Kier molecular flexibility index (Phi) is 11.2. The third-order valence-electron chi connectivity index (χ3n) is 5.04. The summed E-state index contributed by atoms with van der Waals surface area (Å²) in [5, 5.41) is 21.9. The van der Waals surface area contributed by atoms with Crippen molar-refractivity contribution in [1.29, 1.82) is 0 Å². The van der Waals surface area contributed by atoms with Gasteiger partial charge in [0.2, 0.25) is 5.91 Å². The summed E-state index contributed by atoms with van der Waals surface area (Å²) in [6, 6.07) is 0. The van der Waals surface area contributed by atoms with Crippen LogP contribution in [0.3, 0.4) is 0 Å². The molecule has 23 heteroatoms. The molecule has 2 aromatic heterocycles. The molecule has 1 fully saturated rings. The molecule has 5 atom stereocenters. The molecule has 3 heterocycles. The first-order chi connectivity index (χ1) is 19.1. The van der Waals surface area contributed by atoms with Gasteiger partial charge in [-0.3, -0.25) is 9.32 Å². The van der Waals surface area contributed by atoms with Gasteiger partial charge >= 0.3 is 23.5 Å². The zero-order valence-electron chi connectivity index (χ0n) is 20.7. The minimum atomic E-state index is -5.71. The Morgan fingerprint density at radius 2 is 1.93 bits per heavy atom. The molecule has 9 N–H and O–H groups in total. The van der Waals surface area contributed by atoms with E-state index in [-0.39, 0.29) is 44.3 Å². The number of nitrogens with one attached hydrogen (secondary N) is 1. The van der Waals surface area contributed by atoms with E-state index >= 15 is 0 Å². The fourth-order valence-electron chi connectivity index (χ4n) is 3.49. The van der Waals surface area contributed by atoms with Crippen LogP contribution in [0.15, 0.2) is 12.5 Å². The second-order valence-electron chi connectivity index (χ2n) is 8.08. The third-order valence-corrected chi connectivity index (χ3v) is 8.84. The molecule has 1 saturated heterocycles. The third kappa shape index (κ3) is 9.89. The van der Waals surface area contributed by atoms with Gasteiger partial charge < -0.3 is 54.9 Å². The van der Waals surface area contributed by atoms with E-state index in [2.05, 4.69) is 40.3 Å². The summed E-state index contributed by atoms with van der Waals surface area (Å²) in [6.45, 7) is -1.38. The molecule has 3 rings (SSSR count). The standard InChI is InChI=1S/C18H26N5O15P3/c19-17-16-11(2-1-3-20-14(26)9-34-5-4-24)7-23(18(16)22-10-21-17)15-6-12(25)13(36-15)8-35-40(30,31)38-41(32,33)37-39(27,28)29/h7,10,12-13,15,24-25H,3-6,8-9H2,(H,20,26)(H,30,31)(H,32,33)(H2,19,21,22)(H2,27,28,29)/t12-,13+,15+/m0/s1. The number of hydrogen-bond acceptors (Lipinski definition) is 14. The highest BCUT2D eigenvalue weighted by atomic mass is 31.3. The van der Waals surface area contributed by atoms with Crippen molar-refractivity contribution >= 4 is 46.2 Å². The van der Waals surface area contributed by atoms with Crippen LogP contribution in [0.2, 0.25) is 0 Å². The number of hydrogen-bond donors (Lipinski definition) is 8. The molecule has 0 bridgehead atoms. The molecule has 20 nitrogen and oxygen atoms in total. The van der Waals surface area contributed by atoms with E-state index in [1.54, 1.807) is 0 Å². The number of aromatic nitrogens is 3. The maximum Gasteiger partial charge on any atom is 0.490 e. The van der Waals surface area contributed by atoms with Crippen molar-refractivity contribution in [2.24, 2.45) is 0 Å². The van der Waals surface area contributed by atoms with Crippen LogP contribution in [0.5, 0.6) is 0 Å². The van der Waals surface area contributed by atoms with Gasteiger partial charge in [-0.05, 0) is 0 Å². The fraction of sp³-hybridized carbons (Fsp3) is 0.500. The van der Waals surface area contributed by atoms with Gasteiger partial charge in [0.15, 0.2) is 0 Å². The fourth-order valence-corrected chi connectivity index (χ4v) is 6.52. The topological polar surface area (TPSA) is 305 Å². The largest absolute Gasteiger partial charge is 0.490 e. The first-order valence-electron chi connectivity index (χ1n) is 11.3. The van der Waals surface area contributed by atoms with Crippen molar-refractivity contribution in [3.63, 3.8) is 0 Å². The van der Waals surface area contributed by atoms with E-state index in [0.717, 1.165) is 0 Å². The maximum absolute atomic E-state index is 12.0. The molecule has 1 aliphatic rings. The predicted octanol–water partition coefficient (Wildman–Crippen LogP) is -1.52. The van der Waals surface area contributed by atoms with Crippen LogP contribution in [0.4, 0.5) is 5.82 Å². The van der Waals surface area contributed by atoms with Gasteiger partial charge in [-0.15, -0.1) is 0 Å². The number of nitrogen functional groups attached to an aromatic ring is 1. The number of aliphatic hydroxyl groups is 2. The van der Waals surface area contributed by atoms with Crippen LogP contribution in [0, 0.1) is 11.8 Å². The van der Waals surface area contributed by atoms with Crippen molar-refractivity contribution < 1.29 is 70.9 Å². The molecular weight excluding hydrogens is 619 g/mol. The molecule has 1 aliphatic heterocycles. The van der Waals surface area contributed by atoms with Crippen LogP contribution in [-0.2, 0) is 41.1 Å². The van der Waals surface area contributed by atoms with Crippen molar-refractivity contribution in [3.05, 3.63) is 18.1 Å². The smallest absolute Gasteiger partial charge is 0.394 e. The molecule has 2 aromatic rings. The molecule has 0 spiro atoms. The van der Waals surface area contributed by atoms with Gasteiger partial charge in [0.25, 0.3) is 0 Å². The molecule has 2 unspecified atom stereocenters. The SMILES string of the molecule is Nc1ncnc2c1c(C#CCNC(=O)COCCO)cn2[C@H]1C[C@H](O)[C@@H](COP(=O)(O)OP(=O)(O)OP(=O)(O)O)O1. The number of aliphatic hydroxyl groups excluding tert-OH is 2. The van der Waals surface area contributed by atoms with Crippen molar-refractivity contribution in [2.45, 2.75) is 24.9 Å². The highest BCUT2D eigenvalue weighted by molar-refractivity contribution is 7.66. The number of nitrogens with zero attached hydrogens (tertiary/aromatic N) is 3. The summed E-state index contributed by atoms with van der Waals surface area (Å²) in [5.74, 6) is 5.18. The Morgan fingerprint density at radius 1 is 1.20 bits per heavy atom. The lowest BCUT2D eigenvalue weighted by atomic mass is 10.2. The van der Waals surface area contributed by atoms with Gasteiger partial charge in [0.1, 0.15) is 36.7 Å². The van der Waals surface area contributed by atoms with Crippen LogP contribution >= 0.6 is 23.5 Å². The van der Waals surface area contributed by atoms with Gasteiger partial charge in [0.05, 0.1) is 43.4 Å². The number of carbonyl (C=O) groups excluding carboxylic acids is 1. The van der Waals surface area contributed by atoms with E-state index in [9.17, 15) is 33.4 Å². The molecule has 228 valence electrons. The summed E-state index contributed by atoms with van der Waals surface area (Å²) in [4.78, 5) is 55.9. The predicted molar refractivity (Wildman–Crippen MR) is 134 cm³/mol. The Balaban J connectivity index is 1.69. The summed E-state index contributed by atoms with van der Waals surface area (Å²) in [7, 11) is -16.7. The molecular formula is C18H26N5O15P3. The highest BCUT2D eigenvalue weighted by Gasteiger charge is 2.43. The number of rotatable bonds is 13. The first-order valence-corrected chi connectivity index (χ1v) is 15.8. The minimum Gasteiger partial charge on any atom is -0.394 e. The van der Waals surface area contributed by atoms with Crippen LogP contribution < -0.4 is 11.1 Å². The van der Waals surface area contributed by atoms with E-state index < -0.39 is 54.4 Å². The molecule has 0 aromatic carbocycles. The first kappa shape index (κ1) is 33.2. The van der Waals surface area contributed by atoms with E-state index in [1.165, 1.54) is 17.1 Å². The highest BCUT2D eigenvalue weighted by Crippen LogP contribution is 2.66. The molecule has 1 amide bonds.